The van der Waals surface area contributed by atoms with Crippen LogP contribution in [0.25, 0.3) is 0 Å². The summed E-state index contributed by atoms with van der Waals surface area (Å²) in [6.07, 6.45) is 0. The number of nitrogens with zero attached hydrogens (tertiary/aromatic N) is 2. The zero-order chi connectivity index (χ0) is 14.1. The minimum Gasteiger partial charge on any atom is -0.370 e. The lowest BCUT2D eigenvalue weighted by molar-refractivity contribution is 0.331. The molecule has 0 spiro atoms. The summed E-state index contributed by atoms with van der Waals surface area (Å²) in [4.78, 5) is 6.41. The first-order valence-electron chi connectivity index (χ1n) is 6.48. The third kappa shape index (κ3) is 7.26. The van der Waals surface area contributed by atoms with E-state index >= 15 is 0 Å². The third-order valence-electron chi connectivity index (χ3n) is 2.61. The van der Waals surface area contributed by atoms with Crippen LogP contribution in [-0.4, -0.2) is 37.5 Å². The fourth-order valence-electron chi connectivity index (χ4n) is 1.63. The highest BCUT2D eigenvalue weighted by molar-refractivity contribution is 5.77. The normalized spacial score (nSPS) is 11.6. The molecule has 0 amide bonds. The number of hydrogen-bond donors (Lipinski definition) is 2. The fourth-order valence-corrected chi connectivity index (χ4v) is 1.63. The maximum absolute atomic E-state index is 5.74. The quantitative estimate of drug-likeness (QED) is 0.445. The van der Waals surface area contributed by atoms with Gasteiger partial charge in [0, 0.05) is 19.6 Å². The fraction of sp³-hybridized carbons (Fsp3) is 0.400. The Labute approximate surface area is 116 Å². The topological polar surface area (TPSA) is 53.6 Å². The molecule has 0 unspecified atom stereocenters. The Bertz CT molecular complexity index is 411. The second-order valence-electron chi connectivity index (χ2n) is 4.81. The summed E-state index contributed by atoms with van der Waals surface area (Å²) < 4.78 is 0. The lowest BCUT2D eigenvalue weighted by Crippen LogP contribution is -2.37. The Morgan fingerprint density at radius 1 is 1.37 bits per heavy atom. The molecule has 0 bridgehead atoms. The maximum atomic E-state index is 5.74. The van der Waals surface area contributed by atoms with E-state index in [1.807, 2.05) is 13.0 Å². The first-order chi connectivity index (χ1) is 9.08. The Hall–Kier alpha value is -1.81. The molecule has 0 fully saturated rings. The number of likely N-dealkylation sites (N-methyl/N-ethyl adjacent to an activating group) is 1. The monoisotopic (exact) mass is 260 g/mol. The predicted molar refractivity (Wildman–Crippen MR) is 82.1 cm³/mol. The predicted octanol–water partition coefficient (Wildman–Crippen LogP) is 1.60. The second kappa shape index (κ2) is 8.32. The molecule has 0 aliphatic carbocycles. The van der Waals surface area contributed by atoms with Crippen LogP contribution in [0, 0.1) is 0 Å². The van der Waals surface area contributed by atoms with E-state index in [4.69, 9.17) is 5.73 Å². The number of nitrogens with one attached hydrogen (secondary N) is 1. The summed E-state index contributed by atoms with van der Waals surface area (Å²) in [5.41, 5.74) is 8.06. The van der Waals surface area contributed by atoms with Crippen molar-refractivity contribution in [1.29, 1.82) is 0 Å². The molecule has 1 aromatic rings. The van der Waals surface area contributed by atoms with Gasteiger partial charge < -0.3 is 16.0 Å². The molecule has 0 aliphatic heterocycles. The zero-order valence-electron chi connectivity index (χ0n) is 11.9. The Morgan fingerprint density at radius 3 is 2.68 bits per heavy atom. The van der Waals surface area contributed by atoms with Gasteiger partial charge in [0.25, 0.3) is 0 Å². The van der Waals surface area contributed by atoms with Gasteiger partial charge in [0.1, 0.15) is 0 Å². The van der Waals surface area contributed by atoms with Crippen molar-refractivity contribution < 1.29 is 0 Å². The lowest BCUT2D eigenvalue weighted by Gasteiger charge is -2.17. The van der Waals surface area contributed by atoms with Gasteiger partial charge in [-0.15, -0.1) is 0 Å². The number of aliphatic imine (C=N–C) groups is 1. The molecule has 104 valence electrons. The molecule has 0 aliphatic rings. The smallest absolute Gasteiger partial charge is 0.188 e. The van der Waals surface area contributed by atoms with E-state index in [0.29, 0.717) is 12.5 Å². The van der Waals surface area contributed by atoms with E-state index in [2.05, 4.69) is 53.1 Å². The van der Waals surface area contributed by atoms with Gasteiger partial charge in [-0.3, -0.25) is 0 Å². The van der Waals surface area contributed by atoms with E-state index in [9.17, 15) is 0 Å². The average molecular weight is 260 g/mol. The van der Waals surface area contributed by atoms with Crippen LogP contribution >= 0.6 is 0 Å². The lowest BCUT2D eigenvalue weighted by atomic mass is 10.2. The Kier molecular flexibility index (Phi) is 6.68. The van der Waals surface area contributed by atoms with Crippen molar-refractivity contribution in [2.75, 3.05) is 26.7 Å². The highest BCUT2D eigenvalue weighted by Gasteiger charge is 1.99. The number of hydrogen-bond acceptors (Lipinski definition) is 2. The molecule has 0 atom stereocenters. The van der Waals surface area contributed by atoms with Crippen LogP contribution < -0.4 is 11.1 Å². The number of guanidine groups is 1. The van der Waals surface area contributed by atoms with Crippen molar-refractivity contribution in [3.05, 3.63) is 48.0 Å². The van der Waals surface area contributed by atoms with Crippen LogP contribution in [0.4, 0.5) is 0 Å². The first-order valence-corrected chi connectivity index (χ1v) is 6.48. The van der Waals surface area contributed by atoms with Crippen LogP contribution in [0.5, 0.6) is 0 Å². The molecular formula is C15H24N4. The highest BCUT2D eigenvalue weighted by atomic mass is 15.1. The van der Waals surface area contributed by atoms with Gasteiger partial charge in [0.15, 0.2) is 5.96 Å². The van der Waals surface area contributed by atoms with E-state index in [-0.39, 0.29) is 0 Å². The van der Waals surface area contributed by atoms with Gasteiger partial charge in [-0.05, 0) is 19.5 Å². The van der Waals surface area contributed by atoms with Gasteiger partial charge in [0.2, 0.25) is 0 Å². The largest absolute Gasteiger partial charge is 0.370 e. The van der Waals surface area contributed by atoms with Crippen molar-refractivity contribution in [1.82, 2.24) is 10.2 Å². The van der Waals surface area contributed by atoms with Crippen molar-refractivity contribution in [2.24, 2.45) is 10.7 Å². The van der Waals surface area contributed by atoms with E-state index in [1.54, 1.807) is 0 Å². The molecule has 0 saturated carbocycles. The molecule has 0 aromatic heterocycles. The van der Waals surface area contributed by atoms with Crippen LogP contribution in [0.3, 0.4) is 0 Å². The molecule has 19 heavy (non-hydrogen) atoms. The molecule has 1 rings (SSSR count). The zero-order valence-corrected chi connectivity index (χ0v) is 11.9. The molecule has 0 heterocycles. The van der Waals surface area contributed by atoms with E-state index < -0.39 is 0 Å². The second-order valence-corrected chi connectivity index (χ2v) is 4.81. The molecule has 4 heteroatoms. The van der Waals surface area contributed by atoms with Crippen molar-refractivity contribution in [2.45, 2.75) is 13.5 Å². The van der Waals surface area contributed by atoms with Crippen LogP contribution in [-0.2, 0) is 6.54 Å². The van der Waals surface area contributed by atoms with E-state index in [0.717, 1.165) is 25.2 Å². The number of nitrogens with two attached hydrogens (primary N) is 1. The van der Waals surface area contributed by atoms with Crippen LogP contribution in [0.15, 0.2) is 47.5 Å². The standard InChI is InChI=1S/C15H24N4/c1-13(2)11-18-15(16)17-9-10-19(3)12-14-7-5-4-6-8-14/h4-8H,1,9-12H2,2-3H3,(H3,16,17,18). The number of benzene rings is 1. The molecule has 4 nitrogen and oxygen atoms in total. The molecule has 3 N–H and O–H groups in total. The summed E-state index contributed by atoms with van der Waals surface area (Å²) in [7, 11) is 2.09. The van der Waals surface area contributed by atoms with Gasteiger partial charge in [-0.2, -0.15) is 0 Å². The third-order valence-corrected chi connectivity index (χ3v) is 2.61. The summed E-state index contributed by atoms with van der Waals surface area (Å²) in [6.45, 7) is 8.94. The van der Waals surface area contributed by atoms with Crippen molar-refractivity contribution in [3.63, 3.8) is 0 Å². The first kappa shape index (κ1) is 15.2. The summed E-state index contributed by atoms with van der Waals surface area (Å²) in [5.74, 6) is 0.483. The van der Waals surface area contributed by atoms with Crippen LogP contribution in [0.1, 0.15) is 12.5 Å². The Morgan fingerprint density at radius 2 is 2.05 bits per heavy atom. The van der Waals surface area contributed by atoms with Gasteiger partial charge in [-0.25, -0.2) is 4.99 Å². The average Bonchev–Trinajstić information content (AvgIpc) is 2.37. The van der Waals surface area contributed by atoms with Gasteiger partial charge >= 0.3 is 0 Å². The maximum Gasteiger partial charge on any atom is 0.188 e. The molecule has 1 aromatic carbocycles. The number of rotatable bonds is 7. The van der Waals surface area contributed by atoms with Crippen molar-refractivity contribution >= 4 is 5.96 Å². The van der Waals surface area contributed by atoms with Crippen molar-refractivity contribution in [3.8, 4) is 0 Å². The summed E-state index contributed by atoms with van der Waals surface area (Å²) in [5, 5.41) is 3.10. The van der Waals surface area contributed by atoms with Gasteiger partial charge in [-0.1, -0.05) is 42.5 Å². The Balaban J connectivity index is 2.22. The summed E-state index contributed by atoms with van der Waals surface area (Å²) in [6, 6.07) is 10.4. The van der Waals surface area contributed by atoms with E-state index in [1.165, 1.54) is 5.56 Å². The van der Waals surface area contributed by atoms with Crippen LogP contribution in [0.2, 0.25) is 0 Å². The minimum absolute atomic E-state index is 0.483. The van der Waals surface area contributed by atoms with Gasteiger partial charge in [0.05, 0.1) is 6.54 Å². The molecular weight excluding hydrogens is 236 g/mol. The highest BCUT2D eigenvalue weighted by Crippen LogP contribution is 2.01. The summed E-state index contributed by atoms with van der Waals surface area (Å²) >= 11 is 0. The molecule has 0 radical (unpaired) electrons. The minimum atomic E-state index is 0.483. The molecule has 0 saturated heterocycles. The SMILES string of the molecule is C=C(C)CN=C(N)NCCN(C)Cc1ccccc1.